The summed E-state index contributed by atoms with van der Waals surface area (Å²) in [7, 11) is 0. The molecule has 0 bridgehead atoms. The van der Waals surface area contributed by atoms with Crippen LogP contribution >= 0.6 is 11.6 Å². The van der Waals surface area contributed by atoms with Crippen molar-refractivity contribution in [1.29, 1.82) is 0 Å². The molecule has 1 atom stereocenters. The molecule has 2 rings (SSSR count). The third-order valence-electron chi connectivity index (χ3n) is 5.02. The van der Waals surface area contributed by atoms with Crippen molar-refractivity contribution >= 4 is 11.6 Å². The fourth-order valence-electron chi connectivity index (χ4n) is 3.28. The van der Waals surface area contributed by atoms with E-state index in [9.17, 15) is 4.39 Å². The Bertz CT molecular complexity index is 474. The lowest BCUT2D eigenvalue weighted by Crippen LogP contribution is -2.63. The predicted molar refractivity (Wildman–Crippen MR) is 87.2 cm³/mol. The van der Waals surface area contributed by atoms with Gasteiger partial charge in [-0.25, -0.2) is 4.39 Å². The van der Waals surface area contributed by atoms with Crippen LogP contribution in [0.4, 0.5) is 4.39 Å². The number of hydrogen-bond acceptors (Lipinski definition) is 2. The third-order valence-corrected chi connectivity index (χ3v) is 5.25. The van der Waals surface area contributed by atoms with Crippen molar-refractivity contribution < 1.29 is 4.39 Å². The van der Waals surface area contributed by atoms with E-state index < -0.39 is 0 Å². The van der Waals surface area contributed by atoms with Crippen LogP contribution in [0.1, 0.15) is 45.6 Å². The van der Waals surface area contributed by atoms with E-state index in [1.54, 1.807) is 6.07 Å². The van der Waals surface area contributed by atoms with Crippen LogP contribution in [0.25, 0.3) is 0 Å². The van der Waals surface area contributed by atoms with Crippen molar-refractivity contribution in [3.63, 3.8) is 0 Å². The quantitative estimate of drug-likeness (QED) is 0.875. The standard InChI is InChI=1S/C17H26ClFN2/c1-4-15-11-21(17(5-2,6-3)12-20-15)10-13-7-8-14(18)9-16(13)19/h7-9,15,20H,4-6,10-12H2,1-3H3. The van der Waals surface area contributed by atoms with Gasteiger partial charge in [-0.15, -0.1) is 0 Å². The summed E-state index contributed by atoms with van der Waals surface area (Å²) in [5.74, 6) is -0.199. The van der Waals surface area contributed by atoms with Crippen molar-refractivity contribution in [2.24, 2.45) is 0 Å². The van der Waals surface area contributed by atoms with E-state index in [0.29, 0.717) is 17.6 Å². The summed E-state index contributed by atoms with van der Waals surface area (Å²) in [6, 6.07) is 5.50. The Balaban J connectivity index is 2.23. The Kier molecular flexibility index (Phi) is 5.64. The second-order valence-corrected chi connectivity index (χ2v) is 6.47. The Morgan fingerprint density at radius 2 is 2.05 bits per heavy atom. The van der Waals surface area contributed by atoms with Gasteiger partial charge in [0, 0.05) is 41.8 Å². The molecule has 1 heterocycles. The zero-order valence-corrected chi connectivity index (χ0v) is 14.0. The molecule has 21 heavy (non-hydrogen) atoms. The van der Waals surface area contributed by atoms with Gasteiger partial charge in [0.25, 0.3) is 0 Å². The number of piperazine rings is 1. The molecule has 118 valence electrons. The number of hydrogen-bond donors (Lipinski definition) is 1. The molecule has 1 fully saturated rings. The van der Waals surface area contributed by atoms with Gasteiger partial charge in [0.15, 0.2) is 0 Å². The van der Waals surface area contributed by atoms with E-state index in [0.717, 1.165) is 37.9 Å². The van der Waals surface area contributed by atoms with Gasteiger partial charge in [-0.3, -0.25) is 4.90 Å². The molecule has 1 saturated heterocycles. The second kappa shape index (κ2) is 7.08. The molecule has 0 amide bonds. The molecule has 1 aromatic rings. The summed E-state index contributed by atoms with van der Waals surface area (Å²) in [4.78, 5) is 2.46. The van der Waals surface area contributed by atoms with E-state index in [1.165, 1.54) is 6.07 Å². The number of halogens is 2. The highest BCUT2D eigenvalue weighted by atomic mass is 35.5. The molecular weight excluding hydrogens is 287 g/mol. The lowest BCUT2D eigenvalue weighted by atomic mass is 9.86. The molecule has 0 spiro atoms. The van der Waals surface area contributed by atoms with Crippen molar-refractivity contribution in [3.8, 4) is 0 Å². The molecule has 0 radical (unpaired) electrons. The van der Waals surface area contributed by atoms with Gasteiger partial charge in [0.05, 0.1) is 0 Å². The number of rotatable bonds is 5. The van der Waals surface area contributed by atoms with E-state index in [4.69, 9.17) is 11.6 Å². The first-order chi connectivity index (χ1) is 10.0. The number of nitrogens with zero attached hydrogens (tertiary/aromatic N) is 1. The average Bonchev–Trinajstić information content (AvgIpc) is 2.50. The van der Waals surface area contributed by atoms with Crippen LogP contribution in [0.5, 0.6) is 0 Å². The van der Waals surface area contributed by atoms with E-state index in [1.807, 2.05) is 6.07 Å². The van der Waals surface area contributed by atoms with Crippen molar-refractivity contribution in [3.05, 3.63) is 34.6 Å². The van der Waals surface area contributed by atoms with E-state index >= 15 is 0 Å². The maximum absolute atomic E-state index is 14.1. The van der Waals surface area contributed by atoms with E-state index in [2.05, 4.69) is 31.0 Å². The van der Waals surface area contributed by atoms with Crippen molar-refractivity contribution in [2.45, 2.75) is 58.2 Å². The monoisotopic (exact) mass is 312 g/mol. The van der Waals surface area contributed by atoms with Crippen molar-refractivity contribution in [2.75, 3.05) is 13.1 Å². The normalized spacial score (nSPS) is 22.4. The minimum absolute atomic E-state index is 0.123. The first-order valence-electron chi connectivity index (χ1n) is 7.97. The van der Waals surface area contributed by atoms with Crippen LogP contribution < -0.4 is 5.32 Å². The highest BCUT2D eigenvalue weighted by molar-refractivity contribution is 6.30. The Hall–Kier alpha value is -0.640. The first kappa shape index (κ1) is 16.7. The van der Waals surface area contributed by atoms with Crippen LogP contribution in [0.15, 0.2) is 18.2 Å². The third kappa shape index (κ3) is 3.58. The van der Waals surface area contributed by atoms with Crippen LogP contribution in [-0.2, 0) is 6.54 Å². The molecule has 1 aromatic carbocycles. The van der Waals surface area contributed by atoms with Gasteiger partial charge >= 0.3 is 0 Å². The first-order valence-corrected chi connectivity index (χ1v) is 8.34. The Morgan fingerprint density at radius 3 is 2.62 bits per heavy atom. The molecule has 2 nitrogen and oxygen atoms in total. The lowest BCUT2D eigenvalue weighted by molar-refractivity contribution is 0.0230. The van der Waals surface area contributed by atoms with Gasteiger partial charge in [-0.05, 0) is 31.4 Å². The maximum Gasteiger partial charge on any atom is 0.129 e. The SMILES string of the molecule is CCC1CN(Cc2ccc(Cl)cc2F)C(CC)(CC)CN1. The molecular formula is C17H26ClFN2. The Labute approximate surface area is 132 Å². The zero-order chi connectivity index (χ0) is 15.5. The van der Waals surface area contributed by atoms with Gasteiger partial charge < -0.3 is 5.32 Å². The summed E-state index contributed by atoms with van der Waals surface area (Å²) in [6.07, 6.45) is 3.24. The van der Waals surface area contributed by atoms with E-state index in [-0.39, 0.29) is 11.4 Å². The fraction of sp³-hybridized carbons (Fsp3) is 0.647. The minimum Gasteiger partial charge on any atom is -0.311 e. The summed E-state index contributed by atoms with van der Waals surface area (Å²) in [6.45, 7) is 9.26. The molecule has 1 N–H and O–H groups in total. The molecule has 1 unspecified atom stereocenters. The maximum atomic E-state index is 14.1. The summed E-state index contributed by atoms with van der Waals surface area (Å²) in [5, 5.41) is 4.10. The highest BCUT2D eigenvalue weighted by Crippen LogP contribution is 2.30. The average molecular weight is 313 g/mol. The molecule has 0 saturated carbocycles. The predicted octanol–water partition coefficient (Wildman–Crippen LogP) is 4.22. The lowest BCUT2D eigenvalue weighted by Gasteiger charge is -2.49. The van der Waals surface area contributed by atoms with Crippen molar-refractivity contribution in [1.82, 2.24) is 10.2 Å². The molecule has 0 aromatic heterocycles. The van der Waals surface area contributed by atoms with Crippen LogP contribution in [0.3, 0.4) is 0 Å². The van der Waals surface area contributed by atoms with Gasteiger partial charge in [0.2, 0.25) is 0 Å². The highest BCUT2D eigenvalue weighted by Gasteiger charge is 2.38. The summed E-state index contributed by atoms with van der Waals surface area (Å²) >= 11 is 5.85. The largest absolute Gasteiger partial charge is 0.311 e. The van der Waals surface area contributed by atoms with Crippen LogP contribution in [0.2, 0.25) is 5.02 Å². The molecule has 4 heteroatoms. The number of nitrogens with one attached hydrogen (secondary N) is 1. The molecule has 0 aliphatic carbocycles. The van der Waals surface area contributed by atoms with Crippen LogP contribution in [-0.4, -0.2) is 29.6 Å². The second-order valence-electron chi connectivity index (χ2n) is 6.03. The zero-order valence-electron chi connectivity index (χ0n) is 13.3. The van der Waals surface area contributed by atoms with Gasteiger partial charge in [-0.2, -0.15) is 0 Å². The number of benzene rings is 1. The summed E-state index contributed by atoms with van der Waals surface area (Å²) in [5.41, 5.74) is 0.861. The smallest absolute Gasteiger partial charge is 0.129 e. The minimum atomic E-state index is -0.199. The van der Waals surface area contributed by atoms with Crippen LogP contribution in [0, 0.1) is 5.82 Å². The fourth-order valence-corrected chi connectivity index (χ4v) is 3.44. The van der Waals surface area contributed by atoms with Gasteiger partial charge in [0.1, 0.15) is 5.82 Å². The molecule has 1 aliphatic heterocycles. The Morgan fingerprint density at radius 1 is 1.33 bits per heavy atom. The van der Waals surface area contributed by atoms with Gasteiger partial charge in [-0.1, -0.05) is 38.4 Å². The topological polar surface area (TPSA) is 15.3 Å². The molecule has 1 aliphatic rings. The summed E-state index contributed by atoms with van der Waals surface area (Å²) < 4.78 is 14.1.